The molecular weight excluding hydrogens is 257 g/mol. The van der Waals surface area contributed by atoms with E-state index in [9.17, 15) is 18.3 Å². The third-order valence-electron chi connectivity index (χ3n) is 3.23. The van der Waals surface area contributed by atoms with Gasteiger partial charge in [0.05, 0.1) is 24.2 Å². The Kier molecular flexibility index (Phi) is 2.82. The van der Waals surface area contributed by atoms with Crippen molar-refractivity contribution < 1.29 is 18.3 Å². The van der Waals surface area contributed by atoms with Crippen LogP contribution < -0.4 is 0 Å². The number of hydrogen-bond acceptors (Lipinski definition) is 2. The van der Waals surface area contributed by atoms with Crippen LogP contribution in [0.3, 0.4) is 0 Å². The molecule has 19 heavy (non-hydrogen) atoms. The molecular formula is C13H11F3N2O. The molecule has 0 amide bonds. The van der Waals surface area contributed by atoms with E-state index in [0.717, 1.165) is 30.7 Å². The summed E-state index contributed by atoms with van der Waals surface area (Å²) in [4.78, 5) is 0. The standard InChI is InChI=1S/C13H11F3N2O/c14-10-3-9(4-11(15)12(10)16)18-13(7-1-2-7)8(6-19)5-17-18/h3-5,7,19H,1-2,6H2. The van der Waals surface area contributed by atoms with Gasteiger partial charge in [0.1, 0.15) is 0 Å². The van der Waals surface area contributed by atoms with Crippen molar-refractivity contribution in [2.24, 2.45) is 0 Å². The fourth-order valence-corrected chi connectivity index (χ4v) is 2.18. The van der Waals surface area contributed by atoms with Gasteiger partial charge in [-0.1, -0.05) is 0 Å². The Morgan fingerprint density at radius 1 is 1.21 bits per heavy atom. The van der Waals surface area contributed by atoms with Crippen LogP contribution in [0.4, 0.5) is 13.2 Å². The van der Waals surface area contributed by atoms with Gasteiger partial charge in [-0.3, -0.25) is 0 Å². The Hall–Kier alpha value is -1.82. The first kappa shape index (κ1) is 12.2. The molecule has 3 nitrogen and oxygen atoms in total. The highest BCUT2D eigenvalue weighted by Crippen LogP contribution is 2.42. The highest BCUT2D eigenvalue weighted by atomic mass is 19.2. The molecule has 1 aliphatic carbocycles. The fraction of sp³-hybridized carbons (Fsp3) is 0.308. The zero-order valence-electron chi connectivity index (χ0n) is 9.91. The van der Waals surface area contributed by atoms with Crippen LogP contribution in [0.25, 0.3) is 5.69 Å². The lowest BCUT2D eigenvalue weighted by molar-refractivity contribution is 0.280. The van der Waals surface area contributed by atoms with E-state index in [4.69, 9.17) is 0 Å². The number of benzene rings is 1. The topological polar surface area (TPSA) is 38.1 Å². The first-order chi connectivity index (χ1) is 9.11. The molecule has 0 saturated heterocycles. The molecule has 1 aromatic heterocycles. The van der Waals surface area contributed by atoms with E-state index in [-0.39, 0.29) is 18.2 Å². The van der Waals surface area contributed by atoms with Crippen molar-refractivity contribution in [3.05, 3.63) is 47.0 Å². The maximum absolute atomic E-state index is 13.3. The second kappa shape index (κ2) is 4.38. The molecule has 0 unspecified atom stereocenters. The van der Waals surface area contributed by atoms with Gasteiger partial charge in [-0.25, -0.2) is 17.9 Å². The Bertz CT molecular complexity index is 612. The van der Waals surface area contributed by atoms with Gasteiger partial charge in [-0.05, 0) is 12.8 Å². The second-order valence-corrected chi connectivity index (χ2v) is 4.62. The monoisotopic (exact) mass is 268 g/mol. The highest BCUT2D eigenvalue weighted by molar-refractivity contribution is 5.38. The number of aliphatic hydroxyl groups is 1. The predicted molar refractivity (Wildman–Crippen MR) is 61.3 cm³/mol. The normalized spacial score (nSPS) is 14.9. The molecule has 0 aliphatic heterocycles. The van der Waals surface area contributed by atoms with Crippen molar-refractivity contribution in [3.8, 4) is 5.69 Å². The number of aliphatic hydroxyl groups excluding tert-OH is 1. The van der Waals surface area contributed by atoms with Gasteiger partial charge in [-0.15, -0.1) is 0 Å². The molecule has 0 radical (unpaired) electrons. The number of halogens is 3. The minimum Gasteiger partial charge on any atom is -0.392 e. The molecule has 0 spiro atoms. The van der Waals surface area contributed by atoms with Gasteiger partial charge < -0.3 is 5.11 Å². The summed E-state index contributed by atoms with van der Waals surface area (Å²) in [7, 11) is 0. The quantitative estimate of drug-likeness (QED) is 0.869. The van der Waals surface area contributed by atoms with E-state index in [0.29, 0.717) is 5.56 Å². The molecule has 1 aliphatic rings. The summed E-state index contributed by atoms with van der Waals surface area (Å²) in [6.45, 7) is -0.183. The van der Waals surface area contributed by atoms with E-state index in [2.05, 4.69) is 5.10 Å². The highest BCUT2D eigenvalue weighted by Gasteiger charge is 2.30. The van der Waals surface area contributed by atoms with Crippen LogP contribution in [0, 0.1) is 17.5 Å². The van der Waals surface area contributed by atoms with Crippen LogP contribution in [0.1, 0.15) is 30.0 Å². The van der Waals surface area contributed by atoms with Crippen molar-refractivity contribution in [3.63, 3.8) is 0 Å². The number of hydrogen-bond donors (Lipinski definition) is 1. The van der Waals surface area contributed by atoms with Crippen LogP contribution in [-0.4, -0.2) is 14.9 Å². The van der Waals surface area contributed by atoms with Crippen molar-refractivity contribution in [1.82, 2.24) is 9.78 Å². The first-order valence-electron chi connectivity index (χ1n) is 5.94. The molecule has 1 aromatic carbocycles. The molecule has 6 heteroatoms. The predicted octanol–water partition coefficient (Wildman–Crippen LogP) is 2.66. The molecule has 0 atom stereocenters. The maximum atomic E-state index is 13.3. The van der Waals surface area contributed by atoms with Crippen molar-refractivity contribution >= 4 is 0 Å². The molecule has 1 N–H and O–H groups in total. The van der Waals surface area contributed by atoms with Gasteiger partial charge in [-0.2, -0.15) is 5.10 Å². The number of aromatic nitrogens is 2. The molecule has 100 valence electrons. The van der Waals surface area contributed by atoms with Crippen LogP contribution in [0.2, 0.25) is 0 Å². The van der Waals surface area contributed by atoms with Gasteiger partial charge in [0.15, 0.2) is 17.5 Å². The molecule has 0 bridgehead atoms. The smallest absolute Gasteiger partial charge is 0.194 e. The Morgan fingerprint density at radius 2 is 1.84 bits per heavy atom. The average Bonchev–Trinajstić information content (AvgIpc) is 3.14. The minimum atomic E-state index is -1.49. The first-order valence-corrected chi connectivity index (χ1v) is 5.94. The molecule has 1 saturated carbocycles. The third kappa shape index (κ3) is 2.02. The Balaban J connectivity index is 2.14. The summed E-state index contributed by atoms with van der Waals surface area (Å²) >= 11 is 0. The van der Waals surface area contributed by atoms with Crippen LogP contribution in [0.15, 0.2) is 18.3 Å². The van der Waals surface area contributed by atoms with E-state index < -0.39 is 17.5 Å². The summed E-state index contributed by atoms with van der Waals surface area (Å²) in [6.07, 6.45) is 3.36. The Labute approximate surface area is 107 Å². The minimum absolute atomic E-state index is 0.123. The molecule has 3 rings (SSSR count). The Morgan fingerprint density at radius 3 is 2.37 bits per heavy atom. The van der Waals surface area contributed by atoms with Crippen molar-refractivity contribution in [2.45, 2.75) is 25.4 Å². The second-order valence-electron chi connectivity index (χ2n) is 4.62. The summed E-state index contributed by atoms with van der Waals surface area (Å²) in [5.41, 5.74) is 1.50. The number of nitrogens with zero attached hydrogens (tertiary/aromatic N) is 2. The van der Waals surface area contributed by atoms with Crippen LogP contribution >= 0.6 is 0 Å². The summed E-state index contributed by atoms with van der Waals surface area (Å²) in [5, 5.41) is 13.3. The maximum Gasteiger partial charge on any atom is 0.194 e. The number of rotatable bonds is 3. The summed E-state index contributed by atoms with van der Waals surface area (Å²) < 4.78 is 40.8. The molecule has 2 aromatic rings. The van der Waals surface area contributed by atoms with Gasteiger partial charge in [0.25, 0.3) is 0 Å². The molecule has 1 heterocycles. The fourth-order valence-electron chi connectivity index (χ4n) is 2.18. The van der Waals surface area contributed by atoms with Gasteiger partial charge in [0.2, 0.25) is 0 Å². The third-order valence-corrected chi connectivity index (χ3v) is 3.23. The van der Waals surface area contributed by atoms with Crippen molar-refractivity contribution in [1.29, 1.82) is 0 Å². The van der Waals surface area contributed by atoms with E-state index in [1.165, 1.54) is 10.9 Å². The SMILES string of the molecule is OCc1cnn(-c2cc(F)c(F)c(F)c2)c1C1CC1. The van der Waals surface area contributed by atoms with Gasteiger partial charge in [0, 0.05) is 23.6 Å². The lowest BCUT2D eigenvalue weighted by atomic mass is 10.2. The summed E-state index contributed by atoms with van der Waals surface area (Å²) in [6, 6.07) is 1.80. The molecule has 1 fully saturated rings. The van der Waals surface area contributed by atoms with E-state index in [1.54, 1.807) is 0 Å². The van der Waals surface area contributed by atoms with Crippen LogP contribution in [0.5, 0.6) is 0 Å². The lowest BCUT2D eigenvalue weighted by Crippen LogP contribution is -2.05. The van der Waals surface area contributed by atoms with Crippen LogP contribution in [-0.2, 0) is 6.61 Å². The van der Waals surface area contributed by atoms with E-state index >= 15 is 0 Å². The largest absolute Gasteiger partial charge is 0.392 e. The van der Waals surface area contributed by atoms with Crippen molar-refractivity contribution in [2.75, 3.05) is 0 Å². The zero-order valence-corrected chi connectivity index (χ0v) is 9.91. The summed E-state index contributed by atoms with van der Waals surface area (Å²) in [5.74, 6) is -3.76. The van der Waals surface area contributed by atoms with Gasteiger partial charge >= 0.3 is 0 Å². The lowest BCUT2D eigenvalue weighted by Gasteiger charge is -2.09. The zero-order chi connectivity index (χ0) is 13.6. The average molecular weight is 268 g/mol. The van der Waals surface area contributed by atoms with E-state index in [1.807, 2.05) is 0 Å².